The molecule has 0 saturated carbocycles. The molecule has 0 N–H and O–H groups in total. The van der Waals surface area contributed by atoms with E-state index in [1.165, 1.54) is 31.2 Å². The summed E-state index contributed by atoms with van der Waals surface area (Å²) in [5.41, 5.74) is -0.132. The van der Waals surface area contributed by atoms with Crippen LogP contribution in [-0.4, -0.2) is 46.3 Å². The number of aryl methyl sites for hydroxylation is 1. The van der Waals surface area contributed by atoms with E-state index in [0.29, 0.717) is 13.0 Å². The number of aromatic nitrogens is 2. The first-order valence-corrected chi connectivity index (χ1v) is 6.47. The Hall–Kier alpha value is -2.18. The summed E-state index contributed by atoms with van der Waals surface area (Å²) in [5.74, 6) is -0.765. The molecule has 0 unspecified atom stereocenters. The van der Waals surface area contributed by atoms with Gasteiger partial charge in [-0.2, -0.15) is 5.10 Å². The van der Waals surface area contributed by atoms with Crippen molar-refractivity contribution >= 4 is 11.9 Å². The molecule has 7 nitrogen and oxygen atoms in total. The molecule has 1 fully saturated rings. The maximum Gasteiger partial charge on any atom is 0.328 e. The molecule has 7 heteroatoms. The Morgan fingerprint density at radius 3 is 2.75 bits per heavy atom. The molecule has 1 aliphatic heterocycles. The standard InChI is InChI=1S/C13H17N3O4/c1-15-11(17)7-6-9(14-15)12(18)16-8-4-3-5-10(16)13(19)20-2/h6-7,10H,3-5,8H2,1-2H3/t10-/m1/s1. The Kier molecular flexibility index (Phi) is 4.16. The average molecular weight is 279 g/mol. The quantitative estimate of drug-likeness (QED) is 0.709. The summed E-state index contributed by atoms with van der Waals surface area (Å²) < 4.78 is 5.84. The highest BCUT2D eigenvalue weighted by atomic mass is 16.5. The molecule has 1 aliphatic rings. The predicted octanol–water partition coefficient (Wildman–Crippen LogP) is -0.0520. The van der Waals surface area contributed by atoms with Crippen LogP contribution in [0.15, 0.2) is 16.9 Å². The van der Waals surface area contributed by atoms with Gasteiger partial charge in [0.2, 0.25) is 0 Å². The molecule has 0 spiro atoms. The Morgan fingerprint density at radius 1 is 1.35 bits per heavy atom. The maximum absolute atomic E-state index is 12.4. The number of carbonyl (C=O) groups is 2. The first-order valence-electron chi connectivity index (χ1n) is 6.47. The largest absolute Gasteiger partial charge is 0.467 e. The van der Waals surface area contributed by atoms with Gasteiger partial charge >= 0.3 is 5.97 Å². The molecule has 1 saturated heterocycles. The Balaban J connectivity index is 2.27. The predicted molar refractivity (Wildman–Crippen MR) is 70.2 cm³/mol. The second kappa shape index (κ2) is 5.85. The van der Waals surface area contributed by atoms with Gasteiger partial charge in [0.15, 0.2) is 0 Å². The van der Waals surface area contributed by atoms with Crippen LogP contribution in [0.2, 0.25) is 0 Å². The number of piperidine rings is 1. The van der Waals surface area contributed by atoms with Gasteiger partial charge in [-0.05, 0) is 25.3 Å². The van der Waals surface area contributed by atoms with E-state index < -0.39 is 12.0 Å². The first kappa shape index (κ1) is 14.2. The van der Waals surface area contributed by atoms with Crippen LogP contribution >= 0.6 is 0 Å². The molecule has 0 bridgehead atoms. The fraction of sp³-hybridized carbons (Fsp3) is 0.538. The minimum absolute atomic E-state index is 0.155. The highest BCUT2D eigenvalue weighted by Gasteiger charge is 2.33. The summed E-state index contributed by atoms with van der Waals surface area (Å²) in [6, 6.07) is 2.10. The molecule has 108 valence electrons. The van der Waals surface area contributed by atoms with Crippen molar-refractivity contribution in [3.8, 4) is 0 Å². The van der Waals surface area contributed by atoms with Gasteiger partial charge in [0, 0.05) is 19.7 Å². The van der Waals surface area contributed by atoms with Gasteiger partial charge in [0.25, 0.3) is 11.5 Å². The smallest absolute Gasteiger partial charge is 0.328 e. The lowest BCUT2D eigenvalue weighted by Gasteiger charge is -2.33. The van der Waals surface area contributed by atoms with E-state index >= 15 is 0 Å². The van der Waals surface area contributed by atoms with Crippen LogP contribution in [0.4, 0.5) is 0 Å². The molecule has 2 rings (SSSR count). The third-order valence-electron chi connectivity index (χ3n) is 3.42. The highest BCUT2D eigenvalue weighted by Crippen LogP contribution is 2.19. The van der Waals surface area contributed by atoms with Gasteiger partial charge in [0.05, 0.1) is 7.11 Å². The van der Waals surface area contributed by atoms with Crippen LogP contribution in [0.1, 0.15) is 29.8 Å². The SMILES string of the molecule is COC(=O)[C@H]1CCCCN1C(=O)c1ccc(=O)n(C)n1. The number of carbonyl (C=O) groups excluding carboxylic acids is 2. The molecular weight excluding hydrogens is 262 g/mol. The van der Waals surface area contributed by atoms with Crippen molar-refractivity contribution in [2.75, 3.05) is 13.7 Å². The molecule has 0 aliphatic carbocycles. The molecule has 1 amide bonds. The van der Waals surface area contributed by atoms with E-state index in [9.17, 15) is 14.4 Å². The fourth-order valence-corrected chi connectivity index (χ4v) is 2.32. The van der Waals surface area contributed by atoms with E-state index in [2.05, 4.69) is 5.10 Å². The van der Waals surface area contributed by atoms with Crippen LogP contribution in [0.3, 0.4) is 0 Å². The topological polar surface area (TPSA) is 81.5 Å². The van der Waals surface area contributed by atoms with Crippen molar-refractivity contribution < 1.29 is 14.3 Å². The van der Waals surface area contributed by atoms with Gasteiger partial charge in [-0.3, -0.25) is 9.59 Å². The van der Waals surface area contributed by atoms with E-state index in [0.717, 1.165) is 17.5 Å². The third kappa shape index (κ3) is 2.71. The zero-order chi connectivity index (χ0) is 14.7. The number of esters is 1. The van der Waals surface area contributed by atoms with Gasteiger partial charge in [-0.1, -0.05) is 0 Å². The van der Waals surface area contributed by atoms with E-state index in [4.69, 9.17) is 4.74 Å². The van der Waals surface area contributed by atoms with Crippen LogP contribution in [0.25, 0.3) is 0 Å². The van der Waals surface area contributed by atoms with E-state index in [1.54, 1.807) is 0 Å². The number of ether oxygens (including phenoxy) is 1. The molecular formula is C13H17N3O4. The molecule has 1 aromatic heterocycles. The molecule has 1 atom stereocenters. The molecule has 0 radical (unpaired) electrons. The van der Waals surface area contributed by atoms with E-state index in [-0.39, 0.29) is 17.2 Å². The van der Waals surface area contributed by atoms with Crippen molar-refractivity contribution in [3.63, 3.8) is 0 Å². The third-order valence-corrected chi connectivity index (χ3v) is 3.42. The number of likely N-dealkylation sites (tertiary alicyclic amines) is 1. The zero-order valence-electron chi connectivity index (χ0n) is 11.5. The molecule has 0 aromatic carbocycles. The highest BCUT2D eigenvalue weighted by molar-refractivity contribution is 5.95. The summed E-state index contributed by atoms with van der Waals surface area (Å²) in [6.07, 6.45) is 2.30. The number of hydrogen-bond donors (Lipinski definition) is 0. The Morgan fingerprint density at radius 2 is 2.10 bits per heavy atom. The van der Waals surface area contributed by atoms with Crippen LogP contribution in [0, 0.1) is 0 Å². The van der Waals surface area contributed by atoms with Gasteiger partial charge < -0.3 is 9.64 Å². The van der Waals surface area contributed by atoms with Crippen LogP contribution < -0.4 is 5.56 Å². The van der Waals surface area contributed by atoms with Crippen molar-refractivity contribution in [2.24, 2.45) is 7.05 Å². The summed E-state index contributed by atoms with van der Waals surface area (Å²) in [6.45, 7) is 0.489. The lowest BCUT2D eigenvalue weighted by Crippen LogP contribution is -2.49. The van der Waals surface area contributed by atoms with Crippen LogP contribution in [-0.2, 0) is 16.6 Å². The molecule has 1 aromatic rings. The summed E-state index contributed by atoms with van der Waals surface area (Å²) in [4.78, 5) is 36.9. The van der Waals surface area contributed by atoms with Crippen molar-refractivity contribution in [2.45, 2.75) is 25.3 Å². The average Bonchev–Trinajstić information content (AvgIpc) is 2.48. The lowest BCUT2D eigenvalue weighted by atomic mass is 10.0. The maximum atomic E-state index is 12.4. The summed E-state index contributed by atoms with van der Waals surface area (Å²) >= 11 is 0. The summed E-state index contributed by atoms with van der Waals surface area (Å²) in [5, 5.41) is 3.93. The fourth-order valence-electron chi connectivity index (χ4n) is 2.32. The Labute approximate surface area is 116 Å². The van der Waals surface area contributed by atoms with Crippen LogP contribution in [0.5, 0.6) is 0 Å². The second-order valence-corrected chi connectivity index (χ2v) is 4.71. The number of amides is 1. The zero-order valence-corrected chi connectivity index (χ0v) is 11.5. The second-order valence-electron chi connectivity index (χ2n) is 4.71. The van der Waals surface area contributed by atoms with E-state index in [1.807, 2.05) is 0 Å². The monoisotopic (exact) mass is 279 g/mol. The Bertz CT molecular complexity index is 581. The minimum atomic E-state index is -0.569. The number of nitrogens with zero attached hydrogens (tertiary/aromatic N) is 3. The van der Waals surface area contributed by atoms with Crippen molar-refractivity contribution in [3.05, 3.63) is 28.2 Å². The minimum Gasteiger partial charge on any atom is -0.467 e. The van der Waals surface area contributed by atoms with Crippen molar-refractivity contribution in [1.29, 1.82) is 0 Å². The number of hydrogen-bond acceptors (Lipinski definition) is 5. The summed E-state index contributed by atoms with van der Waals surface area (Å²) in [7, 11) is 2.79. The van der Waals surface area contributed by atoms with Gasteiger partial charge in [-0.25, -0.2) is 9.48 Å². The number of rotatable bonds is 2. The first-order chi connectivity index (χ1) is 9.54. The van der Waals surface area contributed by atoms with Gasteiger partial charge in [-0.15, -0.1) is 0 Å². The molecule has 20 heavy (non-hydrogen) atoms. The normalized spacial score (nSPS) is 18.7. The van der Waals surface area contributed by atoms with Crippen molar-refractivity contribution in [1.82, 2.24) is 14.7 Å². The molecule has 2 heterocycles. The number of methoxy groups -OCH3 is 1. The van der Waals surface area contributed by atoms with Gasteiger partial charge in [0.1, 0.15) is 11.7 Å². The lowest BCUT2D eigenvalue weighted by molar-refractivity contribution is -0.147.